The van der Waals surface area contributed by atoms with Crippen molar-refractivity contribution in [3.63, 3.8) is 0 Å². The van der Waals surface area contributed by atoms with E-state index in [9.17, 15) is 14.4 Å². The molecule has 2 N–H and O–H groups in total. The van der Waals surface area contributed by atoms with Crippen molar-refractivity contribution in [2.75, 3.05) is 25.0 Å². The Balaban J connectivity index is 1.75. The standard InChI is InChI=1S/C21H30N2O4S/c1-4-27-21(26)18-13(2)19(14(3)24)28-20(18)22-17(25)12-23-11-7-9-15-8-5-6-10-16(15)23/h15-16H,4-12H2,1-3H3,(H,22,25)/p+1/t15-,16-/m0/s1. The van der Waals surface area contributed by atoms with E-state index in [1.807, 2.05) is 0 Å². The smallest absolute Gasteiger partial charge is 0.341 e. The molecular weight excluding hydrogens is 376 g/mol. The van der Waals surface area contributed by atoms with Crippen LogP contribution in [0.4, 0.5) is 5.00 Å². The van der Waals surface area contributed by atoms with Crippen LogP contribution < -0.4 is 10.2 Å². The van der Waals surface area contributed by atoms with Crippen molar-refractivity contribution in [2.24, 2.45) is 5.92 Å². The molecule has 154 valence electrons. The first-order chi connectivity index (χ1) is 13.4. The van der Waals surface area contributed by atoms with Crippen LogP contribution in [0.15, 0.2) is 0 Å². The summed E-state index contributed by atoms with van der Waals surface area (Å²) in [5, 5.41) is 3.35. The Labute approximate surface area is 170 Å². The summed E-state index contributed by atoms with van der Waals surface area (Å²) in [5.41, 5.74) is 0.901. The number of hydrogen-bond acceptors (Lipinski definition) is 5. The van der Waals surface area contributed by atoms with E-state index in [0.717, 1.165) is 12.5 Å². The van der Waals surface area contributed by atoms with Gasteiger partial charge in [0.05, 0.1) is 29.6 Å². The van der Waals surface area contributed by atoms with E-state index in [0.29, 0.717) is 33.6 Å². The van der Waals surface area contributed by atoms with Crippen molar-refractivity contribution >= 4 is 34.0 Å². The number of rotatable bonds is 6. The number of Topliss-reactive ketones (excluding diaryl/α,β-unsaturated/α-hetero) is 1. The molecule has 0 bridgehead atoms. The van der Waals surface area contributed by atoms with E-state index in [4.69, 9.17) is 4.74 Å². The van der Waals surface area contributed by atoms with E-state index >= 15 is 0 Å². The van der Waals surface area contributed by atoms with Crippen LogP contribution in [0, 0.1) is 12.8 Å². The molecule has 7 heteroatoms. The fraction of sp³-hybridized carbons (Fsp3) is 0.667. The highest BCUT2D eigenvalue weighted by atomic mass is 32.1. The first kappa shape index (κ1) is 21.0. The molecule has 28 heavy (non-hydrogen) atoms. The molecule has 1 aromatic heterocycles. The molecule has 3 rings (SSSR count). The van der Waals surface area contributed by atoms with E-state index in [2.05, 4.69) is 5.32 Å². The predicted octanol–water partition coefficient (Wildman–Crippen LogP) is 2.61. The molecular formula is C21H31N2O4S+. The second kappa shape index (κ2) is 9.18. The van der Waals surface area contributed by atoms with Gasteiger partial charge in [0, 0.05) is 5.92 Å². The maximum absolute atomic E-state index is 12.8. The topological polar surface area (TPSA) is 76.9 Å². The third kappa shape index (κ3) is 4.46. The van der Waals surface area contributed by atoms with Crippen LogP contribution in [-0.4, -0.2) is 43.4 Å². The quantitative estimate of drug-likeness (QED) is 0.561. The number of ketones is 1. The molecule has 1 aliphatic carbocycles. The van der Waals surface area contributed by atoms with Crippen LogP contribution in [0.25, 0.3) is 0 Å². The van der Waals surface area contributed by atoms with Gasteiger partial charge in [-0.15, -0.1) is 11.3 Å². The zero-order valence-electron chi connectivity index (χ0n) is 17.1. The highest BCUT2D eigenvalue weighted by Gasteiger charge is 2.37. The highest BCUT2D eigenvalue weighted by molar-refractivity contribution is 7.18. The molecule has 2 aliphatic rings. The molecule has 3 atom stereocenters. The van der Waals surface area contributed by atoms with Crippen LogP contribution in [0.1, 0.15) is 78.0 Å². The molecule has 2 fully saturated rings. The molecule has 1 amide bonds. The average molecular weight is 408 g/mol. The van der Waals surface area contributed by atoms with Crippen molar-refractivity contribution in [3.05, 3.63) is 16.0 Å². The van der Waals surface area contributed by atoms with E-state index in [1.54, 1.807) is 13.8 Å². The maximum Gasteiger partial charge on any atom is 0.341 e. The second-order valence-corrected chi connectivity index (χ2v) is 8.98. The average Bonchev–Trinajstić information content (AvgIpc) is 2.98. The largest absolute Gasteiger partial charge is 0.462 e. The van der Waals surface area contributed by atoms with E-state index in [-0.39, 0.29) is 18.3 Å². The Morgan fingerprint density at radius 2 is 1.89 bits per heavy atom. The SMILES string of the molecule is CCOC(=O)c1c(NC(=O)C[NH+]2CCC[C@@H]3CCCC[C@@H]32)sc(C(C)=O)c1C. The zero-order valence-corrected chi connectivity index (χ0v) is 17.9. The number of carbonyl (C=O) groups excluding carboxylic acids is 3. The van der Waals surface area contributed by atoms with Gasteiger partial charge < -0.3 is 15.0 Å². The third-order valence-electron chi connectivity index (χ3n) is 6.09. The molecule has 6 nitrogen and oxygen atoms in total. The summed E-state index contributed by atoms with van der Waals surface area (Å²) in [5.74, 6) is 0.0498. The molecule has 1 saturated carbocycles. The van der Waals surface area contributed by atoms with E-state index < -0.39 is 5.97 Å². The predicted molar refractivity (Wildman–Crippen MR) is 109 cm³/mol. The van der Waals surface area contributed by atoms with Gasteiger partial charge in [0.2, 0.25) is 0 Å². The van der Waals surface area contributed by atoms with Crippen LogP contribution in [0.5, 0.6) is 0 Å². The van der Waals surface area contributed by atoms with E-state index in [1.165, 1.54) is 61.7 Å². The van der Waals surface area contributed by atoms with Gasteiger partial charge in [-0.1, -0.05) is 6.42 Å². The normalized spacial score (nSPS) is 24.3. The number of ether oxygens (including phenoxy) is 1. The first-order valence-electron chi connectivity index (χ1n) is 10.4. The second-order valence-electron chi connectivity index (χ2n) is 7.96. The zero-order chi connectivity index (χ0) is 20.3. The van der Waals surface area contributed by atoms with Crippen LogP contribution in [-0.2, 0) is 9.53 Å². The van der Waals surface area contributed by atoms with Gasteiger partial charge in [-0.2, -0.15) is 0 Å². The number of likely N-dealkylation sites (tertiary alicyclic amines) is 1. The van der Waals surface area contributed by atoms with Crippen molar-refractivity contribution in [2.45, 2.75) is 65.3 Å². The van der Waals surface area contributed by atoms with Gasteiger partial charge in [-0.3, -0.25) is 9.59 Å². The summed E-state index contributed by atoms with van der Waals surface area (Å²) in [6.07, 6.45) is 7.51. The lowest BCUT2D eigenvalue weighted by Crippen LogP contribution is -3.18. The van der Waals surface area contributed by atoms with Gasteiger partial charge >= 0.3 is 5.97 Å². The molecule has 0 spiro atoms. The first-order valence-corrected chi connectivity index (χ1v) is 11.2. The Bertz CT molecular complexity index is 756. The Morgan fingerprint density at radius 3 is 2.61 bits per heavy atom. The fourth-order valence-electron chi connectivity index (χ4n) is 4.85. The summed E-state index contributed by atoms with van der Waals surface area (Å²) in [7, 11) is 0. The molecule has 0 radical (unpaired) electrons. The molecule has 1 saturated heterocycles. The number of quaternary nitrogens is 1. The summed E-state index contributed by atoms with van der Waals surface area (Å²) >= 11 is 1.17. The Hall–Kier alpha value is -1.73. The van der Waals surface area contributed by atoms with Gasteiger partial charge in [0.1, 0.15) is 5.00 Å². The van der Waals surface area contributed by atoms with Crippen LogP contribution >= 0.6 is 11.3 Å². The molecule has 0 aromatic carbocycles. The number of anilines is 1. The highest BCUT2D eigenvalue weighted by Crippen LogP contribution is 2.34. The third-order valence-corrected chi connectivity index (χ3v) is 7.40. The number of carbonyl (C=O) groups is 3. The number of esters is 1. The number of amides is 1. The summed E-state index contributed by atoms with van der Waals surface area (Å²) in [6, 6.07) is 0.579. The monoisotopic (exact) mass is 407 g/mol. The van der Waals surface area contributed by atoms with Crippen molar-refractivity contribution in [1.82, 2.24) is 0 Å². The maximum atomic E-state index is 12.8. The van der Waals surface area contributed by atoms with Crippen LogP contribution in [0.2, 0.25) is 0 Å². The van der Waals surface area contributed by atoms with Gasteiger partial charge in [-0.25, -0.2) is 4.79 Å². The minimum atomic E-state index is -0.489. The number of fused-ring (bicyclic) bond motifs is 1. The van der Waals surface area contributed by atoms with Gasteiger partial charge in [-0.05, 0) is 58.4 Å². The minimum Gasteiger partial charge on any atom is -0.462 e. The Kier molecular flexibility index (Phi) is 6.88. The summed E-state index contributed by atoms with van der Waals surface area (Å²) < 4.78 is 5.14. The van der Waals surface area contributed by atoms with Gasteiger partial charge in [0.15, 0.2) is 12.3 Å². The molecule has 2 heterocycles. The molecule has 1 aliphatic heterocycles. The number of nitrogens with one attached hydrogen (secondary N) is 2. The number of hydrogen-bond donors (Lipinski definition) is 2. The fourth-order valence-corrected chi connectivity index (χ4v) is 5.96. The lowest BCUT2D eigenvalue weighted by atomic mass is 9.78. The van der Waals surface area contributed by atoms with Crippen molar-refractivity contribution in [3.8, 4) is 0 Å². The van der Waals surface area contributed by atoms with Crippen molar-refractivity contribution in [1.29, 1.82) is 0 Å². The lowest BCUT2D eigenvalue weighted by molar-refractivity contribution is -0.928. The van der Waals surface area contributed by atoms with Gasteiger partial charge in [0.25, 0.3) is 5.91 Å². The minimum absolute atomic E-state index is 0.0943. The summed E-state index contributed by atoms with van der Waals surface area (Å²) in [4.78, 5) is 39.0. The van der Waals surface area contributed by atoms with Crippen LogP contribution in [0.3, 0.4) is 0 Å². The number of piperidine rings is 1. The Morgan fingerprint density at radius 1 is 1.18 bits per heavy atom. The van der Waals surface area contributed by atoms with Crippen molar-refractivity contribution < 1.29 is 24.0 Å². The lowest BCUT2D eigenvalue weighted by Gasteiger charge is -2.40. The number of thiophene rings is 1. The molecule has 1 aromatic rings. The molecule has 1 unspecified atom stereocenters. The summed E-state index contributed by atoms with van der Waals surface area (Å²) in [6.45, 7) is 6.64.